The smallest absolute Gasteiger partial charge is 0.353 e. The SMILES string of the molecule is O=C1CC=CC=C1c1c(C(=O)O)n(Cc2cc(Br)c(F)cc2F)c2cc(F)c3ccoc3c12. The molecule has 166 valence electrons. The molecule has 0 fully saturated rings. The molecule has 0 radical (unpaired) electrons. The molecule has 1 aliphatic carbocycles. The molecule has 4 aromatic rings. The minimum Gasteiger partial charge on any atom is -0.477 e. The van der Waals surface area contributed by atoms with Crippen molar-refractivity contribution in [1.29, 1.82) is 0 Å². The number of hydrogen-bond donors (Lipinski definition) is 1. The number of ketones is 1. The first-order chi connectivity index (χ1) is 15.8. The number of benzene rings is 2. The molecule has 9 heteroatoms. The van der Waals surface area contributed by atoms with Crippen molar-refractivity contribution >= 4 is 55.1 Å². The van der Waals surface area contributed by atoms with Crippen LogP contribution in [0.3, 0.4) is 0 Å². The third-order valence-electron chi connectivity index (χ3n) is 5.61. The number of rotatable bonds is 4. The highest BCUT2D eigenvalue weighted by molar-refractivity contribution is 9.10. The van der Waals surface area contributed by atoms with Crippen LogP contribution in [0.5, 0.6) is 0 Å². The van der Waals surface area contributed by atoms with Crippen LogP contribution in [-0.4, -0.2) is 21.4 Å². The van der Waals surface area contributed by atoms with Crippen LogP contribution in [0.1, 0.15) is 28.0 Å². The van der Waals surface area contributed by atoms with Gasteiger partial charge < -0.3 is 14.1 Å². The number of allylic oxidation sites excluding steroid dienone is 4. The van der Waals surface area contributed by atoms with E-state index in [-0.39, 0.29) is 67.5 Å². The quantitative estimate of drug-likeness (QED) is 0.327. The molecule has 0 saturated carbocycles. The van der Waals surface area contributed by atoms with Crippen molar-refractivity contribution in [2.24, 2.45) is 0 Å². The molecule has 0 aliphatic heterocycles. The molecular formula is C24H13BrF3NO4. The van der Waals surface area contributed by atoms with E-state index in [0.717, 1.165) is 6.07 Å². The molecule has 2 aromatic carbocycles. The minimum atomic E-state index is -1.40. The van der Waals surface area contributed by atoms with E-state index in [4.69, 9.17) is 4.42 Å². The third kappa shape index (κ3) is 3.31. The van der Waals surface area contributed by atoms with E-state index < -0.39 is 23.4 Å². The first-order valence-electron chi connectivity index (χ1n) is 9.77. The zero-order valence-corrected chi connectivity index (χ0v) is 18.3. The zero-order valence-electron chi connectivity index (χ0n) is 16.7. The summed E-state index contributed by atoms with van der Waals surface area (Å²) in [5.74, 6) is -4.10. The summed E-state index contributed by atoms with van der Waals surface area (Å²) in [7, 11) is 0. The average Bonchev–Trinajstić information content (AvgIpc) is 3.36. The van der Waals surface area contributed by atoms with Crippen LogP contribution in [0.4, 0.5) is 13.2 Å². The van der Waals surface area contributed by atoms with E-state index in [9.17, 15) is 27.9 Å². The number of halogens is 4. The molecule has 0 amide bonds. The summed E-state index contributed by atoms with van der Waals surface area (Å²) in [5, 5.41) is 10.5. The minimum absolute atomic E-state index is 0.0117. The molecule has 2 heterocycles. The van der Waals surface area contributed by atoms with Gasteiger partial charge in [0.25, 0.3) is 0 Å². The van der Waals surface area contributed by atoms with E-state index >= 15 is 0 Å². The molecule has 5 nitrogen and oxygen atoms in total. The molecule has 0 bridgehead atoms. The highest BCUT2D eigenvalue weighted by Crippen LogP contribution is 2.40. The van der Waals surface area contributed by atoms with Crippen molar-refractivity contribution in [3.05, 3.63) is 87.5 Å². The van der Waals surface area contributed by atoms with Crippen molar-refractivity contribution in [3.63, 3.8) is 0 Å². The van der Waals surface area contributed by atoms with Gasteiger partial charge in [-0.05, 0) is 34.1 Å². The predicted octanol–water partition coefficient (Wildman–Crippen LogP) is 6.23. The second-order valence-electron chi connectivity index (χ2n) is 7.52. The number of carboxylic acid groups (broad SMARTS) is 1. The summed E-state index contributed by atoms with van der Waals surface area (Å²) in [5.41, 5.74) is 0.00823. The van der Waals surface area contributed by atoms with Gasteiger partial charge in [0, 0.05) is 29.2 Å². The molecule has 1 N–H and O–H groups in total. The number of carboxylic acids is 1. The maximum Gasteiger partial charge on any atom is 0.353 e. The Kier molecular flexibility index (Phi) is 5.01. The maximum absolute atomic E-state index is 14.9. The van der Waals surface area contributed by atoms with Gasteiger partial charge in [0.15, 0.2) is 5.78 Å². The highest BCUT2D eigenvalue weighted by Gasteiger charge is 2.31. The Morgan fingerprint density at radius 2 is 1.94 bits per heavy atom. The fourth-order valence-electron chi connectivity index (χ4n) is 4.17. The van der Waals surface area contributed by atoms with E-state index in [1.165, 1.54) is 29.0 Å². The second kappa shape index (κ2) is 7.77. The van der Waals surface area contributed by atoms with Gasteiger partial charge in [-0.3, -0.25) is 4.79 Å². The van der Waals surface area contributed by atoms with Crippen molar-refractivity contribution < 1.29 is 32.3 Å². The molecular weight excluding hydrogens is 503 g/mol. The monoisotopic (exact) mass is 515 g/mol. The lowest BCUT2D eigenvalue weighted by Crippen LogP contribution is -2.14. The fraction of sp³-hybridized carbons (Fsp3) is 0.0833. The van der Waals surface area contributed by atoms with Crippen LogP contribution >= 0.6 is 15.9 Å². The van der Waals surface area contributed by atoms with E-state index in [0.29, 0.717) is 6.07 Å². The lowest BCUT2D eigenvalue weighted by Gasteiger charge is -2.12. The van der Waals surface area contributed by atoms with Gasteiger partial charge in [-0.2, -0.15) is 0 Å². The van der Waals surface area contributed by atoms with Gasteiger partial charge in [-0.1, -0.05) is 18.2 Å². The van der Waals surface area contributed by atoms with Crippen molar-refractivity contribution in [3.8, 4) is 0 Å². The molecule has 0 unspecified atom stereocenters. The van der Waals surface area contributed by atoms with Crippen LogP contribution in [0.2, 0.25) is 0 Å². The topological polar surface area (TPSA) is 72.4 Å². The predicted molar refractivity (Wildman–Crippen MR) is 119 cm³/mol. The molecule has 5 rings (SSSR count). The number of aromatic carboxylic acids is 1. The Morgan fingerprint density at radius 1 is 1.15 bits per heavy atom. The molecule has 0 atom stereocenters. The Hall–Kier alpha value is -3.59. The Morgan fingerprint density at radius 3 is 2.67 bits per heavy atom. The average molecular weight is 516 g/mol. The van der Waals surface area contributed by atoms with Gasteiger partial charge in [-0.15, -0.1) is 0 Å². The van der Waals surface area contributed by atoms with Gasteiger partial charge in [0.1, 0.15) is 28.7 Å². The molecule has 33 heavy (non-hydrogen) atoms. The third-order valence-corrected chi connectivity index (χ3v) is 6.22. The number of carbonyl (C=O) groups is 2. The van der Waals surface area contributed by atoms with Crippen LogP contribution in [0.15, 0.2) is 57.6 Å². The number of fused-ring (bicyclic) bond motifs is 3. The summed E-state index contributed by atoms with van der Waals surface area (Å²) in [6.45, 7) is -0.355. The Labute approximate surface area is 192 Å². The highest BCUT2D eigenvalue weighted by atomic mass is 79.9. The molecule has 0 spiro atoms. The standard InChI is InChI=1S/C24H13BrF3NO4/c25-14-7-11(15(26)8-17(14)28)10-29-18-9-16(27)12-5-6-33-23(12)21(18)20(22(29)24(31)32)13-3-1-2-4-19(13)30/h1-3,5-9H,4,10H2,(H,31,32). The second-order valence-corrected chi connectivity index (χ2v) is 8.38. The number of hydrogen-bond acceptors (Lipinski definition) is 3. The van der Waals surface area contributed by atoms with E-state index in [1.807, 2.05) is 0 Å². The summed E-state index contributed by atoms with van der Waals surface area (Å²) in [6, 6.07) is 4.40. The summed E-state index contributed by atoms with van der Waals surface area (Å²) < 4.78 is 49.9. The van der Waals surface area contributed by atoms with Gasteiger partial charge in [0.05, 0.1) is 33.6 Å². The van der Waals surface area contributed by atoms with Crippen LogP contribution in [-0.2, 0) is 11.3 Å². The first-order valence-corrected chi connectivity index (χ1v) is 10.6. The fourth-order valence-corrected chi connectivity index (χ4v) is 4.57. The number of aromatic nitrogens is 1. The van der Waals surface area contributed by atoms with Crippen LogP contribution in [0.25, 0.3) is 27.4 Å². The largest absolute Gasteiger partial charge is 0.477 e. The zero-order chi connectivity index (χ0) is 23.4. The summed E-state index contributed by atoms with van der Waals surface area (Å²) in [6.07, 6.45) is 6.09. The number of furan rings is 1. The summed E-state index contributed by atoms with van der Waals surface area (Å²) in [4.78, 5) is 25.2. The Bertz CT molecular complexity index is 1560. The molecule has 1 aliphatic rings. The van der Waals surface area contributed by atoms with Gasteiger partial charge >= 0.3 is 5.97 Å². The number of Topliss-reactive ketones (excluding diaryl/α,β-unsaturated/α-hetero) is 1. The van der Waals surface area contributed by atoms with Gasteiger partial charge in [-0.25, -0.2) is 18.0 Å². The Balaban J connectivity index is 1.91. The number of nitrogens with zero attached hydrogens (tertiary/aromatic N) is 1. The van der Waals surface area contributed by atoms with E-state index in [2.05, 4.69) is 15.9 Å². The van der Waals surface area contributed by atoms with Crippen molar-refractivity contribution in [2.45, 2.75) is 13.0 Å². The van der Waals surface area contributed by atoms with Crippen molar-refractivity contribution in [2.75, 3.05) is 0 Å². The first kappa shape index (κ1) is 21.3. The van der Waals surface area contributed by atoms with E-state index in [1.54, 1.807) is 12.2 Å². The lowest BCUT2D eigenvalue weighted by molar-refractivity contribution is -0.113. The molecule has 2 aromatic heterocycles. The van der Waals surface area contributed by atoms with Crippen LogP contribution in [0, 0.1) is 17.5 Å². The molecule has 0 saturated heterocycles. The maximum atomic E-state index is 14.9. The lowest BCUT2D eigenvalue weighted by atomic mass is 9.93. The van der Waals surface area contributed by atoms with Crippen LogP contribution < -0.4 is 0 Å². The normalized spacial score (nSPS) is 13.8. The van der Waals surface area contributed by atoms with Crippen molar-refractivity contribution in [1.82, 2.24) is 4.57 Å². The van der Waals surface area contributed by atoms with Gasteiger partial charge in [0.2, 0.25) is 0 Å². The summed E-state index contributed by atoms with van der Waals surface area (Å²) >= 11 is 3.00. The number of carbonyl (C=O) groups excluding carboxylic acids is 1.